The molecule has 2 heterocycles. The lowest BCUT2D eigenvalue weighted by molar-refractivity contribution is 0.102. The molecule has 158 valence electrons. The van der Waals surface area contributed by atoms with Crippen molar-refractivity contribution in [3.63, 3.8) is 0 Å². The molecule has 0 aliphatic carbocycles. The minimum Gasteiger partial charge on any atom is -0.339 e. The van der Waals surface area contributed by atoms with E-state index < -0.39 is 0 Å². The van der Waals surface area contributed by atoms with Crippen LogP contribution >= 0.6 is 15.9 Å². The zero-order chi connectivity index (χ0) is 22.1. The lowest BCUT2D eigenvalue weighted by Gasteiger charge is -2.26. The maximum atomic E-state index is 13.5. The fourth-order valence-electron chi connectivity index (χ4n) is 3.68. The van der Waals surface area contributed by atoms with Gasteiger partial charge in [-0.2, -0.15) is 5.10 Å². The van der Waals surface area contributed by atoms with Gasteiger partial charge in [0.1, 0.15) is 17.2 Å². The molecule has 0 radical (unpaired) electrons. The average molecular weight is 489 g/mol. The Labute approximate surface area is 192 Å². The molecule has 7 heteroatoms. The molecule has 32 heavy (non-hydrogen) atoms. The van der Waals surface area contributed by atoms with Crippen molar-refractivity contribution in [2.75, 3.05) is 10.6 Å². The number of fused-ring (bicyclic) bond motifs is 1. The molecular formula is C25H18BrFN4O. The van der Waals surface area contributed by atoms with Crippen LogP contribution in [0.5, 0.6) is 0 Å². The van der Waals surface area contributed by atoms with E-state index >= 15 is 0 Å². The predicted molar refractivity (Wildman–Crippen MR) is 127 cm³/mol. The van der Waals surface area contributed by atoms with Crippen molar-refractivity contribution >= 4 is 39.0 Å². The van der Waals surface area contributed by atoms with E-state index in [0.29, 0.717) is 17.1 Å². The molecule has 0 unspecified atom stereocenters. The first-order chi connectivity index (χ1) is 15.6. The molecular weight excluding hydrogens is 471 g/mol. The third kappa shape index (κ3) is 3.94. The highest BCUT2D eigenvalue weighted by atomic mass is 79.9. The number of hydrogen-bond acceptors (Lipinski definition) is 3. The number of rotatable bonds is 4. The van der Waals surface area contributed by atoms with Crippen molar-refractivity contribution in [3.8, 4) is 0 Å². The number of aromatic nitrogens is 2. The first kappa shape index (κ1) is 20.2. The lowest BCUT2D eigenvalue weighted by atomic mass is 10.0. The largest absolute Gasteiger partial charge is 0.339 e. The number of amides is 1. The van der Waals surface area contributed by atoms with Gasteiger partial charge >= 0.3 is 0 Å². The van der Waals surface area contributed by atoms with Crippen LogP contribution in [0.4, 0.5) is 15.9 Å². The van der Waals surface area contributed by atoms with Gasteiger partial charge in [0.25, 0.3) is 5.91 Å². The fourth-order valence-corrected chi connectivity index (χ4v) is 3.94. The standard InChI is InChI=1S/C25H18BrFN4O/c26-18-10-6-16(7-11-18)22-14-23(17-8-12-19(27)13-9-17)31-24(30-22)21(15-28-31)25(32)29-20-4-2-1-3-5-20/h1-15,23,30H,(H,29,32)/t23-/m1/s1. The quantitative estimate of drug-likeness (QED) is 0.365. The minimum atomic E-state index is -0.302. The van der Waals surface area contributed by atoms with Crippen LogP contribution in [-0.4, -0.2) is 15.7 Å². The van der Waals surface area contributed by atoms with Crippen LogP contribution in [0.2, 0.25) is 0 Å². The van der Waals surface area contributed by atoms with E-state index in [0.717, 1.165) is 21.3 Å². The Morgan fingerprint density at radius 2 is 1.72 bits per heavy atom. The van der Waals surface area contributed by atoms with Gasteiger partial charge < -0.3 is 10.6 Å². The van der Waals surface area contributed by atoms with Crippen molar-refractivity contribution in [3.05, 3.63) is 118 Å². The van der Waals surface area contributed by atoms with Crippen LogP contribution in [-0.2, 0) is 0 Å². The van der Waals surface area contributed by atoms with Crippen LogP contribution < -0.4 is 10.6 Å². The van der Waals surface area contributed by atoms with E-state index in [4.69, 9.17) is 0 Å². The van der Waals surface area contributed by atoms with Crippen molar-refractivity contribution in [1.29, 1.82) is 0 Å². The second kappa shape index (κ2) is 8.43. The zero-order valence-corrected chi connectivity index (χ0v) is 18.4. The second-order valence-electron chi connectivity index (χ2n) is 7.38. The number of nitrogens with one attached hydrogen (secondary N) is 2. The summed E-state index contributed by atoms with van der Waals surface area (Å²) in [6, 6.07) is 23.2. The summed E-state index contributed by atoms with van der Waals surface area (Å²) >= 11 is 3.46. The topological polar surface area (TPSA) is 59.0 Å². The highest BCUT2D eigenvalue weighted by Gasteiger charge is 2.28. The Morgan fingerprint density at radius 1 is 1.00 bits per heavy atom. The molecule has 5 rings (SSSR count). The summed E-state index contributed by atoms with van der Waals surface area (Å²) in [6.07, 6.45) is 3.57. The molecule has 1 amide bonds. The van der Waals surface area contributed by atoms with Gasteiger partial charge in [-0.15, -0.1) is 0 Å². The second-order valence-corrected chi connectivity index (χ2v) is 8.30. The van der Waals surface area contributed by atoms with Gasteiger partial charge in [-0.1, -0.05) is 58.4 Å². The first-order valence-electron chi connectivity index (χ1n) is 10.0. The van der Waals surface area contributed by atoms with Crippen molar-refractivity contribution in [2.45, 2.75) is 6.04 Å². The van der Waals surface area contributed by atoms with Crippen molar-refractivity contribution < 1.29 is 9.18 Å². The first-order valence-corrected chi connectivity index (χ1v) is 10.8. The van der Waals surface area contributed by atoms with E-state index in [-0.39, 0.29) is 17.8 Å². The van der Waals surface area contributed by atoms with Gasteiger partial charge in [0.2, 0.25) is 0 Å². The maximum Gasteiger partial charge on any atom is 0.261 e. The van der Waals surface area contributed by atoms with Gasteiger partial charge in [-0.05, 0) is 53.6 Å². The Bertz CT molecular complexity index is 1300. The van der Waals surface area contributed by atoms with Crippen LogP contribution in [0.25, 0.3) is 5.70 Å². The summed E-state index contributed by atoms with van der Waals surface area (Å²) in [6.45, 7) is 0. The highest BCUT2D eigenvalue weighted by molar-refractivity contribution is 9.10. The molecule has 1 aromatic heterocycles. The summed E-state index contributed by atoms with van der Waals surface area (Å²) in [5, 5.41) is 10.8. The van der Waals surface area contributed by atoms with Crippen LogP contribution in [0.15, 0.2) is 95.6 Å². The third-order valence-electron chi connectivity index (χ3n) is 5.28. The van der Waals surface area contributed by atoms with Gasteiger partial charge in [0.05, 0.1) is 12.2 Å². The number of anilines is 2. The predicted octanol–water partition coefficient (Wildman–Crippen LogP) is 6.09. The molecule has 0 saturated heterocycles. The van der Waals surface area contributed by atoms with Crippen LogP contribution in [0.1, 0.15) is 27.5 Å². The van der Waals surface area contributed by atoms with Crippen LogP contribution in [0.3, 0.4) is 0 Å². The maximum absolute atomic E-state index is 13.5. The smallest absolute Gasteiger partial charge is 0.261 e. The number of para-hydroxylation sites is 1. The monoisotopic (exact) mass is 488 g/mol. The van der Waals surface area contributed by atoms with E-state index in [1.807, 2.05) is 60.7 Å². The summed E-state index contributed by atoms with van der Waals surface area (Å²) in [4.78, 5) is 13.0. The molecule has 3 aromatic carbocycles. The van der Waals surface area contributed by atoms with Crippen molar-refractivity contribution in [2.24, 2.45) is 0 Å². The highest BCUT2D eigenvalue weighted by Crippen LogP contribution is 2.35. The van der Waals surface area contributed by atoms with E-state index in [1.165, 1.54) is 12.1 Å². The normalized spacial score (nSPS) is 14.8. The molecule has 1 atom stereocenters. The minimum absolute atomic E-state index is 0.264. The van der Waals surface area contributed by atoms with E-state index in [2.05, 4.69) is 31.7 Å². The average Bonchev–Trinajstić information content (AvgIpc) is 3.24. The van der Waals surface area contributed by atoms with E-state index in [9.17, 15) is 9.18 Å². The summed E-state index contributed by atoms with van der Waals surface area (Å²) in [7, 11) is 0. The van der Waals surface area contributed by atoms with Gasteiger partial charge in [-0.3, -0.25) is 4.79 Å². The molecule has 1 aliphatic heterocycles. The third-order valence-corrected chi connectivity index (χ3v) is 5.81. The van der Waals surface area contributed by atoms with Gasteiger partial charge in [0, 0.05) is 15.9 Å². The molecule has 0 spiro atoms. The number of carbonyl (C=O) groups excluding carboxylic acids is 1. The lowest BCUT2D eigenvalue weighted by Crippen LogP contribution is -2.22. The van der Waals surface area contributed by atoms with E-state index in [1.54, 1.807) is 23.0 Å². The Kier molecular flexibility index (Phi) is 5.33. The molecule has 0 fully saturated rings. The number of hydrogen-bond donors (Lipinski definition) is 2. The summed E-state index contributed by atoms with van der Waals surface area (Å²) in [5.41, 5.74) is 3.79. The zero-order valence-electron chi connectivity index (χ0n) is 16.8. The Balaban J connectivity index is 1.56. The number of allylic oxidation sites excluding steroid dienone is 1. The molecule has 4 aromatic rings. The number of nitrogens with zero attached hydrogens (tertiary/aromatic N) is 2. The SMILES string of the molecule is O=C(Nc1ccccc1)c1cnn2c1NC(c1ccc(Br)cc1)=C[C@@H]2c1ccc(F)cc1. The number of benzene rings is 3. The molecule has 0 bridgehead atoms. The summed E-state index contributed by atoms with van der Waals surface area (Å²) < 4.78 is 16.3. The molecule has 2 N–H and O–H groups in total. The van der Waals surface area contributed by atoms with Gasteiger partial charge in [0.15, 0.2) is 0 Å². The molecule has 5 nitrogen and oxygen atoms in total. The van der Waals surface area contributed by atoms with Gasteiger partial charge in [-0.25, -0.2) is 9.07 Å². The number of halogens is 2. The summed E-state index contributed by atoms with van der Waals surface area (Å²) in [5.74, 6) is 0.0106. The fraction of sp³-hybridized carbons (Fsp3) is 0.0400. The number of carbonyl (C=O) groups is 1. The Hall–Kier alpha value is -3.71. The van der Waals surface area contributed by atoms with Crippen LogP contribution in [0, 0.1) is 5.82 Å². The Morgan fingerprint density at radius 3 is 2.44 bits per heavy atom. The molecule has 1 aliphatic rings. The molecule has 0 saturated carbocycles. The van der Waals surface area contributed by atoms with Crippen molar-refractivity contribution in [1.82, 2.24) is 9.78 Å².